The smallest absolute Gasteiger partial charge is 0.139 e. The fraction of sp³-hybridized carbons (Fsp3) is 0.833. The molecule has 1 aliphatic rings. The van der Waals surface area contributed by atoms with Crippen molar-refractivity contribution in [3.8, 4) is 0 Å². The number of rotatable bonds is 0. The van der Waals surface area contributed by atoms with Crippen molar-refractivity contribution >= 4 is 15.0 Å². The van der Waals surface area contributed by atoms with Crippen LogP contribution in [0, 0.1) is 0 Å². The predicted octanol–water partition coefficient (Wildman–Crippen LogP) is 1.37. The molecule has 2 heteroatoms. The Labute approximate surface area is 52.0 Å². The van der Waals surface area contributed by atoms with E-state index in [4.69, 9.17) is 0 Å². The highest BCUT2D eigenvalue weighted by Crippen LogP contribution is 2.20. The van der Waals surface area contributed by atoms with Gasteiger partial charge in [-0.2, -0.15) is 0 Å². The summed E-state index contributed by atoms with van der Waals surface area (Å²) in [7, 11) is 2.60. The second-order valence-electron chi connectivity index (χ2n) is 2.32. The normalized spacial score (nSPS) is 30.6. The molecule has 1 nitrogen and oxygen atoms in total. The van der Waals surface area contributed by atoms with E-state index in [1.165, 1.54) is 6.42 Å². The average molecular weight is 130 g/mol. The Kier molecular flexibility index (Phi) is 2.01. The third kappa shape index (κ3) is 1.29. The van der Waals surface area contributed by atoms with Crippen LogP contribution < -0.4 is 0 Å². The minimum atomic E-state index is 0.281. The van der Waals surface area contributed by atoms with Gasteiger partial charge in [0.25, 0.3) is 0 Å². The van der Waals surface area contributed by atoms with Gasteiger partial charge in [-0.15, -0.1) is 9.24 Å². The molecule has 0 spiro atoms. The molecule has 46 valence electrons. The van der Waals surface area contributed by atoms with E-state index in [0.29, 0.717) is 5.78 Å². The molecule has 2 unspecified atom stereocenters. The maximum absolute atomic E-state index is 10.8. The zero-order valence-electron chi connectivity index (χ0n) is 4.89. The Morgan fingerprint density at radius 3 is 2.62 bits per heavy atom. The van der Waals surface area contributed by atoms with Gasteiger partial charge >= 0.3 is 0 Å². The number of carbonyl (C=O) groups excluding carboxylic acids is 1. The Balaban J connectivity index is 2.39. The zero-order chi connectivity index (χ0) is 5.98. The summed E-state index contributed by atoms with van der Waals surface area (Å²) in [5.41, 5.74) is 0.281. The second kappa shape index (κ2) is 2.59. The molecular formula is C6H11OP. The van der Waals surface area contributed by atoms with Crippen molar-refractivity contribution in [1.29, 1.82) is 0 Å². The van der Waals surface area contributed by atoms with Gasteiger partial charge in [0.2, 0.25) is 0 Å². The molecule has 1 aliphatic carbocycles. The molecule has 0 amide bonds. The van der Waals surface area contributed by atoms with E-state index in [2.05, 4.69) is 9.24 Å². The first kappa shape index (κ1) is 6.22. The lowest BCUT2D eigenvalue weighted by atomic mass is 9.99. The number of hydrogen-bond donors (Lipinski definition) is 0. The molecule has 0 aromatic carbocycles. The van der Waals surface area contributed by atoms with Crippen LogP contribution in [0.5, 0.6) is 0 Å². The van der Waals surface area contributed by atoms with Crippen molar-refractivity contribution in [3.05, 3.63) is 0 Å². The summed E-state index contributed by atoms with van der Waals surface area (Å²) in [6.07, 6.45) is 4.25. The molecule has 0 aliphatic heterocycles. The molecule has 1 rings (SSSR count). The SMILES string of the molecule is O=C1CCCCC1P. The predicted molar refractivity (Wildman–Crippen MR) is 37.0 cm³/mol. The van der Waals surface area contributed by atoms with Crippen LogP contribution in [0.1, 0.15) is 25.7 Å². The van der Waals surface area contributed by atoms with Gasteiger partial charge in [-0.25, -0.2) is 0 Å². The van der Waals surface area contributed by atoms with Crippen molar-refractivity contribution in [2.24, 2.45) is 0 Å². The maximum Gasteiger partial charge on any atom is 0.139 e. The summed E-state index contributed by atoms with van der Waals surface area (Å²) in [5, 5.41) is 0. The number of carbonyl (C=O) groups is 1. The van der Waals surface area contributed by atoms with Gasteiger partial charge in [-0.3, -0.25) is 4.79 Å². The number of ketones is 1. The van der Waals surface area contributed by atoms with E-state index in [0.717, 1.165) is 19.3 Å². The minimum Gasteiger partial charge on any atom is -0.299 e. The van der Waals surface area contributed by atoms with Crippen LogP contribution >= 0.6 is 9.24 Å². The monoisotopic (exact) mass is 130 g/mol. The van der Waals surface area contributed by atoms with Crippen molar-refractivity contribution in [3.63, 3.8) is 0 Å². The molecular weight excluding hydrogens is 119 g/mol. The highest BCUT2D eigenvalue weighted by Gasteiger charge is 2.16. The molecule has 0 bridgehead atoms. The zero-order valence-corrected chi connectivity index (χ0v) is 6.05. The van der Waals surface area contributed by atoms with Gasteiger partial charge in [-0.1, -0.05) is 6.42 Å². The third-order valence-corrected chi connectivity index (χ3v) is 2.31. The van der Waals surface area contributed by atoms with Gasteiger partial charge in [0.15, 0.2) is 0 Å². The summed E-state index contributed by atoms with van der Waals surface area (Å²) < 4.78 is 0. The molecule has 0 heterocycles. The van der Waals surface area contributed by atoms with Crippen molar-refractivity contribution < 1.29 is 4.79 Å². The van der Waals surface area contributed by atoms with Gasteiger partial charge in [-0.05, 0) is 12.8 Å². The summed E-state index contributed by atoms with van der Waals surface area (Å²) in [6, 6.07) is 0. The first-order chi connectivity index (χ1) is 3.80. The first-order valence-electron chi connectivity index (χ1n) is 3.09. The summed E-state index contributed by atoms with van der Waals surface area (Å²) >= 11 is 0. The number of Topliss-reactive ketones (excluding diaryl/α,β-unsaturated/α-hetero) is 1. The molecule has 0 aromatic heterocycles. The van der Waals surface area contributed by atoms with E-state index >= 15 is 0 Å². The lowest BCUT2D eigenvalue weighted by Gasteiger charge is -2.14. The van der Waals surface area contributed by atoms with E-state index in [1.54, 1.807) is 0 Å². The summed E-state index contributed by atoms with van der Waals surface area (Å²) in [4.78, 5) is 10.8. The molecule has 1 saturated carbocycles. The number of hydrogen-bond acceptors (Lipinski definition) is 1. The van der Waals surface area contributed by atoms with Crippen molar-refractivity contribution in [1.82, 2.24) is 0 Å². The minimum absolute atomic E-state index is 0.281. The second-order valence-corrected chi connectivity index (χ2v) is 3.12. The van der Waals surface area contributed by atoms with Crippen LogP contribution in [-0.4, -0.2) is 11.4 Å². The van der Waals surface area contributed by atoms with Crippen LogP contribution in [0.2, 0.25) is 0 Å². The van der Waals surface area contributed by atoms with Crippen LogP contribution in [0.25, 0.3) is 0 Å². The standard InChI is InChI=1S/C6H11OP/c7-5-3-1-2-4-6(5)8/h6H,1-4,8H2. The van der Waals surface area contributed by atoms with Crippen molar-refractivity contribution in [2.45, 2.75) is 31.3 Å². The summed E-state index contributed by atoms with van der Waals surface area (Å²) in [6.45, 7) is 0. The Bertz CT molecular complexity index is 101. The molecule has 0 aromatic rings. The Morgan fingerprint density at radius 1 is 1.50 bits per heavy atom. The highest BCUT2D eigenvalue weighted by atomic mass is 31.0. The van der Waals surface area contributed by atoms with E-state index in [-0.39, 0.29) is 5.66 Å². The van der Waals surface area contributed by atoms with Gasteiger partial charge in [0.1, 0.15) is 5.78 Å². The van der Waals surface area contributed by atoms with Crippen LogP contribution in [-0.2, 0) is 4.79 Å². The van der Waals surface area contributed by atoms with Crippen molar-refractivity contribution in [2.75, 3.05) is 0 Å². The molecule has 1 fully saturated rings. The first-order valence-corrected chi connectivity index (χ1v) is 3.75. The molecule has 0 radical (unpaired) electrons. The van der Waals surface area contributed by atoms with Crippen LogP contribution in [0.4, 0.5) is 0 Å². The fourth-order valence-corrected chi connectivity index (χ4v) is 1.41. The molecule has 2 atom stereocenters. The topological polar surface area (TPSA) is 17.1 Å². The van der Waals surface area contributed by atoms with Gasteiger partial charge < -0.3 is 0 Å². The largest absolute Gasteiger partial charge is 0.299 e. The van der Waals surface area contributed by atoms with Gasteiger partial charge in [0.05, 0.1) is 0 Å². The average Bonchev–Trinajstić information content (AvgIpc) is 1.77. The Morgan fingerprint density at radius 2 is 2.25 bits per heavy atom. The summed E-state index contributed by atoms with van der Waals surface area (Å²) in [5.74, 6) is 0.432. The maximum atomic E-state index is 10.8. The van der Waals surface area contributed by atoms with Crippen LogP contribution in [0.15, 0.2) is 0 Å². The quantitative estimate of drug-likeness (QED) is 0.452. The highest BCUT2D eigenvalue weighted by molar-refractivity contribution is 7.19. The lowest BCUT2D eigenvalue weighted by molar-refractivity contribution is -0.119. The van der Waals surface area contributed by atoms with E-state index < -0.39 is 0 Å². The Hall–Kier alpha value is 0.100. The molecule has 0 saturated heterocycles. The third-order valence-electron chi connectivity index (χ3n) is 1.60. The molecule has 8 heavy (non-hydrogen) atoms. The lowest BCUT2D eigenvalue weighted by Crippen LogP contribution is -2.17. The van der Waals surface area contributed by atoms with Gasteiger partial charge in [0, 0.05) is 12.1 Å². The molecule has 0 N–H and O–H groups in total. The fourth-order valence-electron chi connectivity index (χ4n) is 1.01. The van der Waals surface area contributed by atoms with Crippen LogP contribution in [0.3, 0.4) is 0 Å². The van der Waals surface area contributed by atoms with E-state index in [1.807, 2.05) is 0 Å². The van der Waals surface area contributed by atoms with E-state index in [9.17, 15) is 4.79 Å².